The lowest BCUT2D eigenvalue weighted by Gasteiger charge is -2.23. The van der Waals surface area contributed by atoms with Crippen LogP contribution < -0.4 is 28.7 Å². The Kier molecular flexibility index (Phi) is 16.3. The number of aliphatic carboxylic acids is 2. The van der Waals surface area contributed by atoms with E-state index >= 15 is 0 Å². The normalized spacial score (nSPS) is 16.4. The number of aliphatic hydroxyl groups excluding tert-OH is 1. The van der Waals surface area contributed by atoms with Crippen molar-refractivity contribution in [3.8, 4) is 0 Å². The number of rotatable bonds is 13. The molecule has 0 aliphatic rings. The number of esters is 2. The zero-order valence-electron chi connectivity index (χ0n) is 17.7. The van der Waals surface area contributed by atoms with Gasteiger partial charge in [-0.05, 0) is 33.2 Å². The summed E-state index contributed by atoms with van der Waals surface area (Å²) < 4.78 is 9.92. The van der Waals surface area contributed by atoms with E-state index in [1.807, 2.05) is 0 Å². The van der Waals surface area contributed by atoms with Crippen LogP contribution in [-0.4, -0.2) is 88.7 Å². The molecule has 182 valence electrons. The van der Waals surface area contributed by atoms with Gasteiger partial charge in [-0.3, -0.25) is 19.2 Å². The van der Waals surface area contributed by atoms with E-state index in [9.17, 15) is 19.2 Å². The number of nitrogens with two attached hydrogens (primary N) is 5. The Morgan fingerprint density at radius 3 is 1.65 bits per heavy atom. The maximum atomic E-state index is 11.9. The van der Waals surface area contributed by atoms with E-state index in [0.717, 1.165) is 6.42 Å². The minimum Gasteiger partial charge on any atom is -0.480 e. The maximum absolute atomic E-state index is 11.9. The fourth-order valence-electron chi connectivity index (χ4n) is 1.78. The van der Waals surface area contributed by atoms with Crippen molar-refractivity contribution in [2.45, 2.75) is 69.5 Å². The molecule has 0 aliphatic carbocycles. The Labute approximate surface area is 180 Å². The number of carbonyl (C=O) groups is 4. The molecule has 0 fully saturated rings. The van der Waals surface area contributed by atoms with Gasteiger partial charge in [-0.25, -0.2) is 0 Å². The monoisotopic (exact) mass is 453 g/mol. The number of unbranched alkanes of at least 4 members (excludes halogenated alkanes) is 1. The molecule has 13 N–H and O–H groups in total. The third-order valence-electron chi connectivity index (χ3n) is 3.96. The lowest BCUT2D eigenvalue weighted by Crippen LogP contribution is -2.49. The second-order valence-corrected chi connectivity index (χ2v) is 6.69. The van der Waals surface area contributed by atoms with Crippen molar-refractivity contribution in [2.75, 3.05) is 13.2 Å². The minimum atomic E-state index is -1.38. The fourth-order valence-corrected chi connectivity index (χ4v) is 1.78. The second kappa shape index (κ2) is 16.3. The van der Waals surface area contributed by atoms with E-state index in [2.05, 4.69) is 0 Å². The van der Waals surface area contributed by atoms with E-state index in [0.29, 0.717) is 19.4 Å². The highest BCUT2D eigenvalue weighted by Crippen LogP contribution is 2.07. The van der Waals surface area contributed by atoms with Crippen molar-refractivity contribution in [2.24, 2.45) is 28.7 Å². The predicted molar refractivity (Wildman–Crippen MR) is 108 cm³/mol. The molecule has 0 unspecified atom stereocenters. The molecule has 0 heterocycles. The number of aliphatic hydroxyl groups is 1. The van der Waals surface area contributed by atoms with Gasteiger partial charge in [0.25, 0.3) is 0 Å². The molecule has 0 saturated carbocycles. The summed E-state index contributed by atoms with van der Waals surface area (Å²) in [4.78, 5) is 44.0. The Balaban J connectivity index is 0. The van der Waals surface area contributed by atoms with Crippen molar-refractivity contribution in [1.82, 2.24) is 0 Å². The first-order chi connectivity index (χ1) is 14.3. The number of carbonyl (C=O) groups excluding carboxylic acids is 2. The minimum absolute atomic E-state index is 0.410. The highest BCUT2D eigenvalue weighted by molar-refractivity contribution is 5.80. The van der Waals surface area contributed by atoms with Gasteiger partial charge in [0.15, 0.2) is 0 Å². The quantitative estimate of drug-likeness (QED) is 0.0989. The molecule has 31 heavy (non-hydrogen) atoms. The zero-order valence-corrected chi connectivity index (χ0v) is 17.7. The molecule has 0 aromatic heterocycles. The number of hydrogen-bond acceptors (Lipinski definition) is 12. The van der Waals surface area contributed by atoms with Gasteiger partial charge in [0.2, 0.25) is 0 Å². The molecule has 0 aromatic rings. The molecule has 0 radical (unpaired) electrons. The van der Waals surface area contributed by atoms with Gasteiger partial charge < -0.3 is 53.5 Å². The summed E-state index contributed by atoms with van der Waals surface area (Å²) in [6, 6.07) is -4.62. The smallest absolute Gasteiger partial charge is 0.327 e. The zero-order chi connectivity index (χ0) is 24.7. The molecule has 0 aliphatic heterocycles. The third kappa shape index (κ3) is 13.5. The summed E-state index contributed by atoms with van der Waals surface area (Å²) in [6.45, 7) is 2.74. The molecule has 0 aromatic carbocycles. The summed E-state index contributed by atoms with van der Waals surface area (Å²) in [7, 11) is 0. The molecule has 0 rings (SSSR count). The van der Waals surface area contributed by atoms with Crippen LogP contribution in [0.4, 0.5) is 0 Å². The van der Waals surface area contributed by atoms with Gasteiger partial charge >= 0.3 is 23.9 Å². The van der Waals surface area contributed by atoms with Crippen molar-refractivity contribution >= 4 is 23.9 Å². The number of ether oxygens (including phenoxy) is 2. The first kappa shape index (κ1) is 30.8. The van der Waals surface area contributed by atoms with Gasteiger partial charge in [-0.1, -0.05) is 6.42 Å². The van der Waals surface area contributed by atoms with Gasteiger partial charge in [0.05, 0.1) is 6.61 Å². The van der Waals surface area contributed by atoms with Crippen molar-refractivity contribution in [3.05, 3.63) is 0 Å². The van der Waals surface area contributed by atoms with Crippen LogP contribution in [0.1, 0.15) is 33.1 Å². The van der Waals surface area contributed by atoms with Crippen LogP contribution in [0.25, 0.3) is 0 Å². The average molecular weight is 453 g/mol. The molecular formula is C17H35N5O9. The Morgan fingerprint density at radius 1 is 0.774 bits per heavy atom. The van der Waals surface area contributed by atoms with Crippen LogP contribution in [0.2, 0.25) is 0 Å². The molecule has 0 bridgehead atoms. The second-order valence-electron chi connectivity index (χ2n) is 6.69. The lowest BCUT2D eigenvalue weighted by atomic mass is 10.1. The largest absolute Gasteiger partial charge is 0.480 e. The predicted octanol–water partition coefficient (Wildman–Crippen LogP) is -3.56. The lowest BCUT2D eigenvalue weighted by molar-refractivity contribution is -0.161. The van der Waals surface area contributed by atoms with Crippen molar-refractivity contribution in [1.29, 1.82) is 0 Å². The molecule has 0 spiro atoms. The number of hydrogen-bond donors (Lipinski definition) is 8. The highest BCUT2D eigenvalue weighted by Gasteiger charge is 2.31. The Hall–Kier alpha value is -2.36. The SMILES string of the molecule is C[C@@H](OC(=O)[C@@H](N)[C@@H](C)OC(=O)[C@@H](N)CCCCN)[C@H](N)C(=O)O.N[C@@H](CO)C(=O)O. The highest BCUT2D eigenvalue weighted by atomic mass is 16.6. The van der Waals surface area contributed by atoms with Crippen LogP contribution in [0.3, 0.4) is 0 Å². The number of carboxylic acid groups (broad SMARTS) is 2. The van der Waals surface area contributed by atoms with Gasteiger partial charge in [-0.15, -0.1) is 0 Å². The van der Waals surface area contributed by atoms with Gasteiger partial charge in [-0.2, -0.15) is 0 Å². The van der Waals surface area contributed by atoms with Crippen LogP contribution in [0.15, 0.2) is 0 Å². The van der Waals surface area contributed by atoms with Crippen LogP contribution in [0, 0.1) is 0 Å². The van der Waals surface area contributed by atoms with E-state index in [1.165, 1.54) is 13.8 Å². The summed E-state index contributed by atoms with van der Waals surface area (Å²) in [5.74, 6) is -4.09. The van der Waals surface area contributed by atoms with E-state index < -0.39 is 66.9 Å². The van der Waals surface area contributed by atoms with Crippen LogP contribution in [0.5, 0.6) is 0 Å². The molecule has 0 amide bonds. The molecule has 0 saturated heterocycles. The standard InChI is InChI=1S/C14H28N4O6.C3H7NO3/c1-7(10(17)12(19)20)24-14(22)11(18)8(2)23-13(21)9(16)5-3-4-6-15;4-2(1-5)3(6)7/h7-11H,3-6,15-18H2,1-2H3,(H,19,20);2,5H,1,4H2,(H,6,7)/t7-,8-,9+,10+,11+;2-/m10/s1. The van der Waals surface area contributed by atoms with E-state index in [1.54, 1.807) is 0 Å². The summed E-state index contributed by atoms with van der Waals surface area (Å²) in [6.07, 6.45) is -0.238. The maximum Gasteiger partial charge on any atom is 0.327 e. The number of carboxylic acids is 2. The summed E-state index contributed by atoms with van der Waals surface area (Å²) >= 11 is 0. The first-order valence-corrected chi connectivity index (χ1v) is 9.49. The Morgan fingerprint density at radius 2 is 1.26 bits per heavy atom. The topological polar surface area (TPSA) is 278 Å². The van der Waals surface area contributed by atoms with Crippen molar-refractivity contribution in [3.63, 3.8) is 0 Å². The molecular weight excluding hydrogens is 418 g/mol. The molecule has 6 atom stereocenters. The summed E-state index contributed by atoms with van der Waals surface area (Å²) in [5.41, 5.74) is 26.8. The van der Waals surface area contributed by atoms with Crippen molar-refractivity contribution < 1.29 is 44.0 Å². The Bertz CT molecular complexity index is 578. The third-order valence-corrected chi connectivity index (χ3v) is 3.96. The van der Waals surface area contributed by atoms with E-state index in [-0.39, 0.29) is 0 Å². The fraction of sp³-hybridized carbons (Fsp3) is 0.765. The van der Waals surface area contributed by atoms with Crippen LogP contribution >= 0.6 is 0 Å². The molecule has 14 heteroatoms. The van der Waals surface area contributed by atoms with Gasteiger partial charge in [0.1, 0.15) is 36.4 Å². The van der Waals surface area contributed by atoms with Gasteiger partial charge in [0, 0.05) is 0 Å². The first-order valence-electron chi connectivity index (χ1n) is 9.49. The van der Waals surface area contributed by atoms with E-state index in [4.69, 9.17) is 53.5 Å². The summed E-state index contributed by atoms with van der Waals surface area (Å²) in [5, 5.41) is 24.6. The van der Waals surface area contributed by atoms with Crippen LogP contribution in [-0.2, 0) is 28.7 Å². The molecule has 14 nitrogen and oxygen atoms in total. The average Bonchev–Trinajstić information content (AvgIpc) is 2.71.